The number of rotatable bonds is 4. The van der Waals surface area contributed by atoms with Gasteiger partial charge < -0.3 is 14.4 Å². The molecule has 7 heteroatoms. The minimum absolute atomic E-state index is 0.00437. The molecule has 25 heavy (non-hydrogen) atoms. The lowest BCUT2D eigenvalue weighted by atomic mass is 10.0. The number of aryl methyl sites for hydroxylation is 1. The second kappa shape index (κ2) is 6.33. The summed E-state index contributed by atoms with van der Waals surface area (Å²) in [6.07, 6.45) is 0.220. The van der Waals surface area contributed by atoms with E-state index in [0.29, 0.717) is 31.0 Å². The van der Waals surface area contributed by atoms with Gasteiger partial charge in [-0.3, -0.25) is 9.89 Å². The molecule has 7 nitrogen and oxygen atoms in total. The molecule has 2 atom stereocenters. The van der Waals surface area contributed by atoms with E-state index in [1.54, 1.807) is 4.90 Å². The van der Waals surface area contributed by atoms with Crippen LogP contribution in [-0.4, -0.2) is 50.3 Å². The van der Waals surface area contributed by atoms with E-state index in [2.05, 4.69) is 15.2 Å². The Bertz CT molecular complexity index is 868. The maximum atomic E-state index is 12.5. The van der Waals surface area contributed by atoms with Crippen molar-refractivity contribution in [3.8, 4) is 0 Å². The lowest BCUT2D eigenvalue weighted by molar-refractivity contribution is -0.130. The van der Waals surface area contributed by atoms with Gasteiger partial charge in [0.15, 0.2) is 5.58 Å². The quantitative estimate of drug-likeness (QED) is 0.750. The third-order valence-corrected chi connectivity index (χ3v) is 4.63. The molecule has 2 aromatic heterocycles. The molecule has 0 unspecified atom stereocenters. The molecule has 1 saturated heterocycles. The Morgan fingerprint density at radius 1 is 1.40 bits per heavy atom. The molecule has 0 aliphatic carbocycles. The van der Waals surface area contributed by atoms with Crippen LogP contribution in [0.15, 0.2) is 34.7 Å². The van der Waals surface area contributed by atoms with E-state index in [1.807, 2.05) is 37.3 Å². The summed E-state index contributed by atoms with van der Waals surface area (Å²) < 4.78 is 5.62. The van der Waals surface area contributed by atoms with E-state index in [-0.39, 0.29) is 18.2 Å². The Kier molecular flexibility index (Phi) is 4.01. The Labute approximate surface area is 144 Å². The van der Waals surface area contributed by atoms with Crippen molar-refractivity contribution in [2.75, 3.05) is 13.1 Å². The maximum absolute atomic E-state index is 12.5. The molecule has 130 valence electrons. The third-order valence-electron chi connectivity index (χ3n) is 4.63. The molecule has 4 rings (SSSR count). The van der Waals surface area contributed by atoms with Crippen LogP contribution >= 0.6 is 0 Å². The number of carbonyl (C=O) groups is 1. The van der Waals surface area contributed by atoms with Crippen molar-refractivity contribution >= 4 is 17.0 Å². The van der Waals surface area contributed by atoms with Gasteiger partial charge in [0.1, 0.15) is 11.9 Å². The number of aliphatic hydroxyl groups excluding tert-OH is 1. The van der Waals surface area contributed by atoms with Crippen molar-refractivity contribution in [3.63, 3.8) is 0 Å². The van der Waals surface area contributed by atoms with Crippen LogP contribution in [0.4, 0.5) is 0 Å². The van der Waals surface area contributed by atoms with Crippen LogP contribution < -0.4 is 0 Å². The van der Waals surface area contributed by atoms with Gasteiger partial charge >= 0.3 is 0 Å². The number of aromatic nitrogens is 3. The van der Waals surface area contributed by atoms with Gasteiger partial charge in [0.05, 0.1) is 11.8 Å². The van der Waals surface area contributed by atoms with E-state index in [4.69, 9.17) is 4.42 Å². The number of oxazole rings is 1. The molecule has 1 aliphatic heterocycles. The summed E-state index contributed by atoms with van der Waals surface area (Å²) in [4.78, 5) is 18.6. The number of likely N-dealkylation sites (tertiary alicyclic amines) is 1. The number of para-hydroxylation sites is 2. The Morgan fingerprint density at radius 2 is 2.24 bits per heavy atom. The summed E-state index contributed by atoms with van der Waals surface area (Å²) in [5.74, 6) is 0.327. The normalized spacial score (nSPS) is 20.5. The second-order valence-electron chi connectivity index (χ2n) is 6.62. The summed E-state index contributed by atoms with van der Waals surface area (Å²) >= 11 is 0. The van der Waals surface area contributed by atoms with Crippen LogP contribution in [0, 0.1) is 12.8 Å². The maximum Gasteiger partial charge on any atom is 0.232 e. The van der Waals surface area contributed by atoms with Crippen molar-refractivity contribution in [1.29, 1.82) is 0 Å². The molecule has 1 fully saturated rings. The largest absolute Gasteiger partial charge is 0.440 e. The van der Waals surface area contributed by atoms with Crippen molar-refractivity contribution in [2.24, 2.45) is 5.92 Å². The van der Waals surface area contributed by atoms with E-state index in [1.165, 1.54) is 0 Å². The fourth-order valence-corrected chi connectivity index (χ4v) is 3.34. The number of nitrogens with zero attached hydrogens (tertiary/aromatic N) is 3. The number of β-amino-alcohol motifs (C(OH)–C–C–N with tert-alkyl or cyclic N) is 1. The highest BCUT2D eigenvalue weighted by Gasteiger charge is 2.34. The molecule has 0 radical (unpaired) electrons. The highest BCUT2D eigenvalue weighted by molar-refractivity contribution is 5.79. The first-order valence-electron chi connectivity index (χ1n) is 8.39. The summed E-state index contributed by atoms with van der Waals surface area (Å²) in [7, 11) is 0. The standard InChI is InChI=1S/C18H20N4O3/c1-11-6-13(21-20-11)7-12-9-22(10-15(12)23)18(24)8-17-19-14-4-2-3-5-16(14)25-17/h2-6,12,15,23H,7-10H2,1H3,(H,20,21)/t12-,15+/m1/s1. The molecule has 0 spiro atoms. The molecule has 3 heterocycles. The number of hydrogen-bond acceptors (Lipinski definition) is 5. The molecular weight excluding hydrogens is 320 g/mol. The van der Waals surface area contributed by atoms with E-state index < -0.39 is 6.10 Å². The van der Waals surface area contributed by atoms with Gasteiger partial charge in [-0.05, 0) is 31.5 Å². The molecule has 1 amide bonds. The highest BCUT2D eigenvalue weighted by atomic mass is 16.3. The van der Waals surface area contributed by atoms with Crippen molar-refractivity contribution in [2.45, 2.75) is 25.9 Å². The average Bonchev–Trinajstić information content (AvgIpc) is 3.27. The minimum Gasteiger partial charge on any atom is -0.440 e. The van der Waals surface area contributed by atoms with Gasteiger partial charge in [0.2, 0.25) is 11.8 Å². The number of carbonyl (C=O) groups excluding carboxylic acids is 1. The van der Waals surface area contributed by atoms with Crippen LogP contribution in [-0.2, 0) is 17.6 Å². The van der Waals surface area contributed by atoms with Crippen LogP contribution in [0.5, 0.6) is 0 Å². The van der Waals surface area contributed by atoms with E-state index >= 15 is 0 Å². The zero-order valence-electron chi connectivity index (χ0n) is 14.0. The number of hydrogen-bond donors (Lipinski definition) is 2. The summed E-state index contributed by atoms with van der Waals surface area (Å²) in [6, 6.07) is 9.41. The Balaban J connectivity index is 1.40. The van der Waals surface area contributed by atoms with Crippen LogP contribution in [0.2, 0.25) is 0 Å². The smallest absolute Gasteiger partial charge is 0.232 e. The van der Waals surface area contributed by atoms with Gasteiger partial charge in [-0.15, -0.1) is 0 Å². The first-order chi connectivity index (χ1) is 12.1. The number of H-pyrrole nitrogens is 1. The van der Waals surface area contributed by atoms with Gasteiger partial charge in [-0.1, -0.05) is 12.1 Å². The predicted molar refractivity (Wildman–Crippen MR) is 90.8 cm³/mol. The molecule has 0 bridgehead atoms. The van der Waals surface area contributed by atoms with Crippen molar-refractivity contribution in [3.05, 3.63) is 47.6 Å². The second-order valence-corrected chi connectivity index (χ2v) is 6.62. The van der Waals surface area contributed by atoms with Gasteiger partial charge in [0.25, 0.3) is 0 Å². The number of benzene rings is 1. The SMILES string of the molecule is Cc1cc(C[C@@H]2CN(C(=O)Cc3nc4ccccc4o3)C[C@@H]2O)n[nH]1. The van der Waals surface area contributed by atoms with Crippen LogP contribution in [0.1, 0.15) is 17.3 Å². The number of fused-ring (bicyclic) bond motifs is 1. The fraction of sp³-hybridized carbons (Fsp3) is 0.389. The average molecular weight is 340 g/mol. The van der Waals surface area contributed by atoms with Gasteiger partial charge in [0, 0.05) is 24.7 Å². The van der Waals surface area contributed by atoms with Crippen LogP contribution in [0.25, 0.3) is 11.1 Å². The highest BCUT2D eigenvalue weighted by Crippen LogP contribution is 2.22. The molecule has 1 aliphatic rings. The lowest BCUT2D eigenvalue weighted by Gasteiger charge is -2.14. The molecule has 3 aromatic rings. The summed E-state index contributed by atoms with van der Waals surface area (Å²) in [6.45, 7) is 2.80. The zero-order valence-corrected chi connectivity index (χ0v) is 14.0. The van der Waals surface area contributed by atoms with Gasteiger partial charge in [-0.2, -0.15) is 5.10 Å². The number of aromatic amines is 1. The monoisotopic (exact) mass is 340 g/mol. The Morgan fingerprint density at radius 3 is 3.00 bits per heavy atom. The fourth-order valence-electron chi connectivity index (χ4n) is 3.34. The summed E-state index contributed by atoms with van der Waals surface area (Å²) in [5.41, 5.74) is 3.33. The van der Waals surface area contributed by atoms with E-state index in [0.717, 1.165) is 16.9 Å². The number of nitrogens with one attached hydrogen (secondary N) is 1. The van der Waals surface area contributed by atoms with Crippen LogP contribution in [0.3, 0.4) is 0 Å². The van der Waals surface area contributed by atoms with Gasteiger partial charge in [-0.25, -0.2) is 4.98 Å². The predicted octanol–water partition coefficient (Wildman–Crippen LogP) is 1.46. The zero-order chi connectivity index (χ0) is 17.4. The summed E-state index contributed by atoms with van der Waals surface area (Å²) in [5, 5.41) is 17.4. The van der Waals surface area contributed by atoms with E-state index in [9.17, 15) is 9.90 Å². The lowest BCUT2D eigenvalue weighted by Crippen LogP contribution is -2.31. The minimum atomic E-state index is -0.537. The molecule has 2 N–H and O–H groups in total. The number of aliphatic hydroxyl groups is 1. The first kappa shape index (κ1) is 15.8. The first-order valence-corrected chi connectivity index (χ1v) is 8.39. The molecule has 0 saturated carbocycles. The molecular formula is C18H20N4O3. The third kappa shape index (κ3) is 3.28. The van der Waals surface area contributed by atoms with Crippen molar-refractivity contribution < 1.29 is 14.3 Å². The van der Waals surface area contributed by atoms with Crippen molar-refractivity contribution in [1.82, 2.24) is 20.1 Å². The topological polar surface area (TPSA) is 95.2 Å². The Hall–Kier alpha value is -2.67. The molecule has 1 aromatic carbocycles. The number of amides is 1.